The number of ether oxygens (including phenoxy) is 2. The molecule has 0 spiro atoms. The summed E-state index contributed by atoms with van der Waals surface area (Å²) in [6.45, 7) is 5.51. The number of hydrogen-bond donors (Lipinski definition) is 2. The zero-order chi connectivity index (χ0) is 25.5. The van der Waals surface area contributed by atoms with Gasteiger partial charge in [-0.1, -0.05) is 24.9 Å². The van der Waals surface area contributed by atoms with Crippen LogP contribution in [0.25, 0.3) is 22.8 Å². The summed E-state index contributed by atoms with van der Waals surface area (Å²) in [6.07, 6.45) is 5.61. The molecular formula is C27H34N4O5. The van der Waals surface area contributed by atoms with Crippen LogP contribution >= 0.6 is 0 Å². The zero-order valence-corrected chi connectivity index (χ0v) is 21.2. The topological polar surface area (TPSA) is 120 Å². The van der Waals surface area contributed by atoms with Crippen molar-refractivity contribution in [3.63, 3.8) is 0 Å². The molecule has 0 amide bonds. The van der Waals surface area contributed by atoms with Crippen LogP contribution in [0.2, 0.25) is 0 Å². The number of pyridine rings is 1. The molecule has 0 radical (unpaired) electrons. The third kappa shape index (κ3) is 6.20. The van der Waals surface area contributed by atoms with E-state index in [1.807, 2.05) is 25.1 Å². The van der Waals surface area contributed by atoms with Crippen molar-refractivity contribution in [2.24, 2.45) is 0 Å². The van der Waals surface area contributed by atoms with Crippen LogP contribution in [0.15, 0.2) is 28.8 Å². The minimum atomic E-state index is -0.815. The predicted molar refractivity (Wildman–Crippen MR) is 135 cm³/mol. The average molecular weight is 495 g/mol. The fraction of sp³-hybridized carbons (Fsp3) is 0.481. The van der Waals surface area contributed by atoms with Crippen LogP contribution < -0.4 is 14.8 Å². The number of carbonyl (C=O) groups is 1. The van der Waals surface area contributed by atoms with E-state index in [0.717, 1.165) is 53.0 Å². The molecule has 0 saturated heterocycles. The van der Waals surface area contributed by atoms with Gasteiger partial charge in [-0.3, -0.25) is 4.79 Å². The first-order valence-electron chi connectivity index (χ1n) is 12.6. The van der Waals surface area contributed by atoms with Gasteiger partial charge in [-0.25, -0.2) is 4.98 Å². The van der Waals surface area contributed by atoms with E-state index in [-0.39, 0.29) is 6.42 Å². The fourth-order valence-electron chi connectivity index (χ4n) is 4.63. The zero-order valence-electron chi connectivity index (χ0n) is 21.2. The van der Waals surface area contributed by atoms with Crippen LogP contribution in [0.1, 0.15) is 61.8 Å². The summed E-state index contributed by atoms with van der Waals surface area (Å²) in [7, 11) is 1.62. The predicted octanol–water partition coefficient (Wildman–Crippen LogP) is 4.78. The number of nitrogens with zero attached hydrogens (tertiary/aromatic N) is 3. The molecule has 1 aliphatic carbocycles. The van der Waals surface area contributed by atoms with Crippen molar-refractivity contribution in [3.8, 4) is 34.5 Å². The van der Waals surface area contributed by atoms with Gasteiger partial charge in [0, 0.05) is 41.9 Å². The number of rotatable bonds is 12. The molecule has 4 rings (SSSR count). The van der Waals surface area contributed by atoms with E-state index in [1.54, 1.807) is 7.11 Å². The lowest BCUT2D eigenvalue weighted by Crippen LogP contribution is -2.24. The number of carboxylic acids is 1. The van der Waals surface area contributed by atoms with E-state index in [9.17, 15) is 4.79 Å². The summed E-state index contributed by atoms with van der Waals surface area (Å²) in [5, 5.41) is 16.1. The van der Waals surface area contributed by atoms with Crippen molar-refractivity contribution in [2.75, 3.05) is 26.8 Å². The number of aryl methyl sites for hydroxylation is 2. The average Bonchev–Trinajstić information content (AvgIpc) is 3.59. The van der Waals surface area contributed by atoms with Gasteiger partial charge < -0.3 is 24.4 Å². The van der Waals surface area contributed by atoms with Gasteiger partial charge >= 0.3 is 5.97 Å². The van der Waals surface area contributed by atoms with Gasteiger partial charge in [0.15, 0.2) is 0 Å². The van der Waals surface area contributed by atoms with Crippen molar-refractivity contribution >= 4 is 5.97 Å². The van der Waals surface area contributed by atoms with Crippen molar-refractivity contribution in [1.29, 1.82) is 0 Å². The Morgan fingerprint density at radius 1 is 1.14 bits per heavy atom. The lowest BCUT2D eigenvalue weighted by molar-refractivity contribution is -0.136. The Morgan fingerprint density at radius 2 is 1.94 bits per heavy atom. The molecule has 0 aliphatic heterocycles. The van der Waals surface area contributed by atoms with Gasteiger partial charge in [-0.05, 0) is 55.5 Å². The molecule has 1 fully saturated rings. The molecule has 0 bridgehead atoms. The highest BCUT2D eigenvalue weighted by atomic mass is 16.5. The van der Waals surface area contributed by atoms with Crippen LogP contribution in [0.5, 0.6) is 11.6 Å². The number of benzene rings is 1. The monoisotopic (exact) mass is 494 g/mol. The minimum Gasteiger partial charge on any atom is -0.492 e. The summed E-state index contributed by atoms with van der Waals surface area (Å²) >= 11 is 0. The van der Waals surface area contributed by atoms with Crippen molar-refractivity contribution in [2.45, 2.75) is 58.3 Å². The Labute approximate surface area is 211 Å². The van der Waals surface area contributed by atoms with Gasteiger partial charge in [-0.2, -0.15) is 4.98 Å². The summed E-state index contributed by atoms with van der Waals surface area (Å²) in [5.41, 5.74) is 4.72. The van der Waals surface area contributed by atoms with E-state index < -0.39 is 5.97 Å². The molecule has 2 heterocycles. The van der Waals surface area contributed by atoms with Gasteiger partial charge in [-0.15, -0.1) is 0 Å². The molecule has 9 nitrogen and oxygen atoms in total. The van der Waals surface area contributed by atoms with Crippen LogP contribution in [0, 0.1) is 6.92 Å². The fourth-order valence-corrected chi connectivity index (χ4v) is 4.63. The lowest BCUT2D eigenvalue weighted by atomic mass is 10.0. The number of aromatic nitrogens is 3. The highest BCUT2D eigenvalue weighted by molar-refractivity contribution is 5.67. The largest absolute Gasteiger partial charge is 0.492 e. The molecular weight excluding hydrogens is 460 g/mol. The van der Waals surface area contributed by atoms with E-state index in [1.165, 1.54) is 12.8 Å². The van der Waals surface area contributed by atoms with E-state index in [2.05, 4.69) is 28.4 Å². The van der Waals surface area contributed by atoms with Crippen LogP contribution in [0.4, 0.5) is 0 Å². The van der Waals surface area contributed by atoms with Gasteiger partial charge in [0.2, 0.25) is 11.7 Å². The molecule has 2 aromatic heterocycles. The Bertz CT molecular complexity index is 1190. The number of aliphatic carboxylic acids is 1. The van der Waals surface area contributed by atoms with E-state index in [0.29, 0.717) is 43.2 Å². The molecule has 1 aliphatic rings. The van der Waals surface area contributed by atoms with Gasteiger partial charge in [0.25, 0.3) is 5.89 Å². The summed E-state index contributed by atoms with van der Waals surface area (Å²) in [4.78, 5) is 20.0. The highest BCUT2D eigenvalue weighted by Crippen LogP contribution is 2.36. The second-order valence-corrected chi connectivity index (χ2v) is 9.10. The smallest absolute Gasteiger partial charge is 0.304 e. The minimum absolute atomic E-state index is 0.0915. The Hall–Kier alpha value is -3.46. The van der Waals surface area contributed by atoms with E-state index >= 15 is 0 Å². The van der Waals surface area contributed by atoms with Crippen molar-refractivity contribution < 1.29 is 23.9 Å². The molecule has 9 heteroatoms. The molecule has 1 aromatic carbocycles. The molecule has 1 saturated carbocycles. The summed E-state index contributed by atoms with van der Waals surface area (Å²) in [6, 6.07) is 7.91. The van der Waals surface area contributed by atoms with Gasteiger partial charge in [0.05, 0.1) is 13.5 Å². The van der Waals surface area contributed by atoms with Crippen molar-refractivity contribution in [3.05, 3.63) is 41.1 Å². The standard InChI is InChI=1S/C27H34N4O5/c1-4-18-14-21(13-17(2)25(18)35-12-11-28-10-9-24(32)33)27-30-26(31-36-27)20-15-22(19-7-5-6-8-19)29-23(16-20)34-3/h13-16,19,28H,4-12H2,1-3H3,(H,32,33). The number of nitrogens with one attached hydrogen (secondary N) is 1. The highest BCUT2D eigenvalue weighted by Gasteiger charge is 2.22. The molecule has 192 valence electrons. The first-order chi connectivity index (χ1) is 17.5. The SMILES string of the molecule is CCc1cc(-c2nc(-c3cc(OC)nc(C4CCCC4)c3)no2)cc(C)c1OCCNCCC(=O)O. The first-order valence-corrected chi connectivity index (χ1v) is 12.6. The number of carboxylic acid groups (broad SMARTS) is 1. The quantitative estimate of drug-likeness (QED) is 0.343. The van der Waals surface area contributed by atoms with Crippen LogP contribution in [-0.4, -0.2) is 53.0 Å². The molecule has 3 aromatic rings. The summed E-state index contributed by atoms with van der Waals surface area (Å²) in [5.74, 6) is 1.98. The number of hydrogen-bond acceptors (Lipinski definition) is 8. The maximum absolute atomic E-state index is 10.6. The van der Waals surface area contributed by atoms with Gasteiger partial charge in [0.1, 0.15) is 12.4 Å². The maximum Gasteiger partial charge on any atom is 0.304 e. The first kappa shape index (κ1) is 25.6. The lowest BCUT2D eigenvalue weighted by Gasteiger charge is -2.15. The Kier molecular flexibility index (Phi) is 8.53. The molecule has 2 N–H and O–H groups in total. The Morgan fingerprint density at radius 3 is 2.67 bits per heavy atom. The second kappa shape index (κ2) is 12.0. The Balaban J connectivity index is 1.51. The van der Waals surface area contributed by atoms with Crippen LogP contribution in [0.3, 0.4) is 0 Å². The van der Waals surface area contributed by atoms with Crippen molar-refractivity contribution in [1.82, 2.24) is 20.4 Å². The van der Waals surface area contributed by atoms with E-state index in [4.69, 9.17) is 24.1 Å². The van der Waals surface area contributed by atoms with Crippen LogP contribution in [-0.2, 0) is 11.2 Å². The maximum atomic E-state index is 10.6. The molecule has 0 atom stereocenters. The number of methoxy groups -OCH3 is 1. The molecule has 36 heavy (non-hydrogen) atoms. The second-order valence-electron chi connectivity index (χ2n) is 9.10. The third-order valence-corrected chi connectivity index (χ3v) is 6.51. The summed E-state index contributed by atoms with van der Waals surface area (Å²) < 4.78 is 17.1. The third-order valence-electron chi connectivity index (χ3n) is 6.51. The normalized spacial score (nSPS) is 13.8. The molecule has 0 unspecified atom stereocenters.